The minimum absolute atomic E-state index is 0.0184. The molecule has 0 bridgehead atoms. The SMILES string of the molecule is CCN(CC)c1nc2sc(C(=O)NCC3CCCO3)cc2s1. The summed E-state index contributed by atoms with van der Waals surface area (Å²) in [7, 11) is 0. The van der Waals surface area contributed by atoms with E-state index >= 15 is 0 Å². The van der Waals surface area contributed by atoms with Gasteiger partial charge in [-0.2, -0.15) is 0 Å². The maximum absolute atomic E-state index is 12.2. The van der Waals surface area contributed by atoms with Crippen molar-refractivity contribution in [3.8, 4) is 0 Å². The highest BCUT2D eigenvalue weighted by Crippen LogP contribution is 2.34. The van der Waals surface area contributed by atoms with E-state index in [0.29, 0.717) is 6.54 Å². The van der Waals surface area contributed by atoms with Crippen LogP contribution in [0.4, 0.5) is 5.13 Å². The molecule has 2 aromatic rings. The summed E-state index contributed by atoms with van der Waals surface area (Å²) in [5.41, 5.74) is 0. The number of thiazole rings is 1. The van der Waals surface area contributed by atoms with Crippen molar-refractivity contribution in [1.29, 1.82) is 0 Å². The van der Waals surface area contributed by atoms with Crippen LogP contribution < -0.4 is 10.2 Å². The lowest BCUT2D eigenvalue weighted by molar-refractivity contribution is 0.0861. The van der Waals surface area contributed by atoms with E-state index < -0.39 is 0 Å². The number of thiophene rings is 1. The molecule has 1 amide bonds. The Morgan fingerprint density at radius 2 is 2.27 bits per heavy atom. The number of fused-ring (bicyclic) bond motifs is 1. The van der Waals surface area contributed by atoms with E-state index in [1.165, 1.54) is 11.3 Å². The molecule has 2 aromatic heterocycles. The summed E-state index contributed by atoms with van der Waals surface area (Å²) in [5.74, 6) is -0.0184. The van der Waals surface area contributed by atoms with Gasteiger partial charge >= 0.3 is 0 Å². The molecule has 0 aromatic carbocycles. The monoisotopic (exact) mass is 339 g/mol. The first-order valence-electron chi connectivity index (χ1n) is 7.76. The summed E-state index contributed by atoms with van der Waals surface area (Å²) in [6.07, 6.45) is 2.31. The van der Waals surface area contributed by atoms with Crippen LogP contribution in [-0.2, 0) is 4.74 Å². The molecule has 3 rings (SSSR count). The molecule has 1 atom stereocenters. The third-order valence-electron chi connectivity index (χ3n) is 3.85. The van der Waals surface area contributed by atoms with Gasteiger partial charge in [-0.1, -0.05) is 11.3 Å². The number of nitrogens with one attached hydrogen (secondary N) is 1. The average Bonchev–Trinajstić information content (AvgIpc) is 3.21. The maximum Gasteiger partial charge on any atom is 0.261 e. The largest absolute Gasteiger partial charge is 0.376 e. The second-order valence-electron chi connectivity index (χ2n) is 5.29. The molecular weight excluding hydrogens is 318 g/mol. The standard InChI is InChI=1S/C15H21N3O2S2/c1-3-18(4-2)15-17-14-12(22-15)8-11(21-14)13(19)16-9-10-6-5-7-20-10/h8,10H,3-7,9H2,1-2H3,(H,16,19). The molecule has 1 saturated heterocycles. The molecule has 3 heterocycles. The zero-order valence-electron chi connectivity index (χ0n) is 12.9. The second-order valence-corrected chi connectivity index (χ2v) is 7.33. The number of aromatic nitrogens is 1. The maximum atomic E-state index is 12.2. The molecule has 1 N–H and O–H groups in total. The molecule has 0 radical (unpaired) electrons. The molecule has 7 heteroatoms. The first-order chi connectivity index (χ1) is 10.7. The Morgan fingerprint density at radius 3 is 2.91 bits per heavy atom. The Hall–Kier alpha value is -1.18. The fraction of sp³-hybridized carbons (Fsp3) is 0.600. The summed E-state index contributed by atoms with van der Waals surface area (Å²) in [6.45, 7) is 7.57. The van der Waals surface area contributed by atoms with Crippen LogP contribution in [-0.4, -0.2) is 43.2 Å². The van der Waals surface area contributed by atoms with Gasteiger partial charge in [0.1, 0.15) is 4.83 Å². The van der Waals surface area contributed by atoms with Gasteiger partial charge in [0.05, 0.1) is 15.7 Å². The molecule has 0 aliphatic carbocycles. The Morgan fingerprint density at radius 1 is 1.45 bits per heavy atom. The summed E-state index contributed by atoms with van der Waals surface area (Å²) in [4.78, 5) is 20.8. The lowest BCUT2D eigenvalue weighted by Gasteiger charge is -2.16. The zero-order valence-corrected chi connectivity index (χ0v) is 14.6. The highest BCUT2D eigenvalue weighted by Gasteiger charge is 2.19. The van der Waals surface area contributed by atoms with E-state index in [1.807, 2.05) is 6.07 Å². The van der Waals surface area contributed by atoms with Crippen molar-refractivity contribution in [2.75, 3.05) is 31.1 Å². The van der Waals surface area contributed by atoms with Crippen LogP contribution >= 0.6 is 22.7 Å². The smallest absolute Gasteiger partial charge is 0.261 e. The van der Waals surface area contributed by atoms with E-state index in [1.54, 1.807) is 11.3 Å². The first kappa shape index (κ1) is 15.7. The summed E-state index contributed by atoms with van der Waals surface area (Å²) in [6, 6.07) is 1.95. The van der Waals surface area contributed by atoms with Crippen molar-refractivity contribution >= 4 is 43.2 Å². The van der Waals surface area contributed by atoms with Gasteiger partial charge in [-0.25, -0.2) is 4.98 Å². The minimum Gasteiger partial charge on any atom is -0.376 e. The van der Waals surface area contributed by atoms with Gasteiger partial charge in [0.2, 0.25) is 0 Å². The van der Waals surface area contributed by atoms with Crippen LogP contribution in [0.2, 0.25) is 0 Å². The van der Waals surface area contributed by atoms with Gasteiger partial charge in [-0.3, -0.25) is 4.79 Å². The summed E-state index contributed by atoms with van der Waals surface area (Å²) in [5, 5.41) is 4.00. The third kappa shape index (κ3) is 3.26. The molecule has 120 valence electrons. The lowest BCUT2D eigenvalue weighted by atomic mass is 10.2. The Balaban J connectivity index is 1.66. The van der Waals surface area contributed by atoms with E-state index in [0.717, 1.165) is 52.1 Å². The third-order valence-corrected chi connectivity index (χ3v) is 6.07. The fourth-order valence-corrected chi connectivity index (χ4v) is 4.82. The van der Waals surface area contributed by atoms with Gasteiger partial charge in [0.25, 0.3) is 5.91 Å². The number of hydrogen-bond donors (Lipinski definition) is 1. The van der Waals surface area contributed by atoms with Crippen LogP contribution in [0.3, 0.4) is 0 Å². The summed E-state index contributed by atoms with van der Waals surface area (Å²) >= 11 is 3.12. The van der Waals surface area contributed by atoms with Crippen LogP contribution in [0.5, 0.6) is 0 Å². The number of amides is 1. The van der Waals surface area contributed by atoms with Crippen LogP contribution in [0.25, 0.3) is 9.53 Å². The number of carbonyl (C=O) groups excluding carboxylic acids is 1. The normalized spacial score (nSPS) is 18.0. The van der Waals surface area contributed by atoms with Gasteiger partial charge in [0, 0.05) is 26.2 Å². The van der Waals surface area contributed by atoms with E-state index in [2.05, 4.69) is 29.0 Å². The Labute approximate surface area is 138 Å². The lowest BCUT2D eigenvalue weighted by Crippen LogP contribution is -2.31. The minimum atomic E-state index is -0.0184. The van der Waals surface area contributed by atoms with Gasteiger partial charge in [-0.15, -0.1) is 11.3 Å². The van der Waals surface area contributed by atoms with Crippen molar-refractivity contribution in [3.63, 3.8) is 0 Å². The molecule has 0 saturated carbocycles. The molecule has 1 aliphatic rings. The molecule has 5 nitrogen and oxygen atoms in total. The highest BCUT2D eigenvalue weighted by molar-refractivity contribution is 7.29. The average molecular weight is 339 g/mol. The quantitative estimate of drug-likeness (QED) is 0.878. The van der Waals surface area contributed by atoms with Crippen molar-refractivity contribution in [2.24, 2.45) is 0 Å². The number of carbonyl (C=O) groups is 1. The molecule has 1 fully saturated rings. The highest BCUT2D eigenvalue weighted by atomic mass is 32.1. The van der Waals surface area contributed by atoms with Crippen molar-refractivity contribution in [2.45, 2.75) is 32.8 Å². The van der Waals surface area contributed by atoms with Gasteiger partial charge in [0.15, 0.2) is 5.13 Å². The topological polar surface area (TPSA) is 54.5 Å². The first-order valence-corrected chi connectivity index (χ1v) is 9.39. The van der Waals surface area contributed by atoms with Crippen LogP contribution in [0, 0.1) is 0 Å². The van der Waals surface area contributed by atoms with Crippen molar-refractivity contribution < 1.29 is 9.53 Å². The van der Waals surface area contributed by atoms with Crippen molar-refractivity contribution in [1.82, 2.24) is 10.3 Å². The van der Waals surface area contributed by atoms with Crippen LogP contribution in [0.15, 0.2) is 6.07 Å². The Bertz CT molecular complexity index is 611. The molecule has 1 aliphatic heterocycles. The fourth-order valence-electron chi connectivity index (χ4n) is 2.56. The molecule has 22 heavy (non-hydrogen) atoms. The predicted molar refractivity (Wildman–Crippen MR) is 92.4 cm³/mol. The van der Waals surface area contributed by atoms with E-state index in [4.69, 9.17) is 4.74 Å². The Kier molecular flexibility index (Phi) is 4.95. The number of anilines is 1. The molecular formula is C15H21N3O2S2. The number of ether oxygens (including phenoxy) is 1. The molecule has 1 unspecified atom stereocenters. The molecule has 0 spiro atoms. The number of rotatable bonds is 6. The second kappa shape index (κ2) is 6.93. The van der Waals surface area contributed by atoms with Crippen molar-refractivity contribution in [3.05, 3.63) is 10.9 Å². The van der Waals surface area contributed by atoms with E-state index in [9.17, 15) is 4.79 Å². The van der Waals surface area contributed by atoms with E-state index in [-0.39, 0.29) is 12.0 Å². The van der Waals surface area contributed by atoms with Crippen LogP contribution in [0.1, 0.15) is 36.4 Å². The van der Waals surface area contributed by atoms with Gasteiger partial charge in [-0.05, 0) is 32.8 Å². The number of hydrogen-bond acceptors (Lipinski definition) is 6. The van der Waals surface area contributed by atoms with Gasteiger partial charge < -0.3 is 15.0 Å². The zero-order chi connectivity index (χ0) is 15.5. The predicted octanol–water partition coefficient (Wildman–Crippen LogP) is 3.11. The number of nitrogens with zero attached hydrogens (tertiary/aromatic N) is 2. The summed E-state index contributed by atoms with van der Waals surface area (Å²) < 4.78 is 6.61.